The Hall–Kier alpha value is -1.56. The number of aryl methyl sites for hydroxylation is 1. The van der Waals surface area contributed by atoms with E-state index in [-0.39, 0.29) is 12.2 Å². The van der Waals surface area contributed by atoms with Gasteiger partial charge < -0.3 is 4.57 Å². The smallest absolute Gasteiger partial charge is 0.191 e. The van der Waals surface area contributed by atoms with Crippen molar-refractivity contribution in [1.82, 2.24) is 18.3 Å². The highest BCUT2D eigenvalue weighted by Crippen LogP contribution is 2.03. The molecule has 0 aromatic carbocycles. The van der Waals surface area contributed by atoms with Crippen LogP contribution in [0.1, 0.15) is 16.3 Å². The van der Waals surface area contributed by atoms with Gasteiger partial charge in [-0.15, -0.1) is 0 Å². The van der Waals surface area contributed by atoms with Crippen LogP contribution in [0.5, 0.6) is 0 Å². The minimum Gasteiger partial charge on any atom is -0.338 e. The normalized spacial score (nSPS) is 10.4. The first-order valence-corrected chi connectivity index (χ1v) is 4.77. The Morgan fingerprint density at radius 1 is 1.64 bits per heavy atom. The van der Waals surface area contributed by atoms with Crippen molar-refractivity contribution in [2.75, 3.05) is 0 Å². The van der Waals surface area contributed by atoms with E-state index in [1.165, 1.54) is 6.20 Å². The van der Waals surface area contributed by atoms with Gasteiger partial charge in [-0.3, -0.25) is 4.79 Å². The van der Waals surface area contributed by atoms with Gasteiger partial charge in [0.15, 0.2) is 5.78 Å². The molecule has 0 saturated carbocycles. The number of hydrogen-bond donors (Lipinski definition) is 0. The summed E-state index contributed by atoms with van der Waals surface area (Å²) in [6, 6.07) is 0. The summed E-state index contributed by atoms with van der Waals surface area (Å²) in [6.45, 7) is 0. The molecule has 0 radical (unpaired) electrons. The third-order valence-electron chi connectivity index (χ3n) is 1.89. The molecule has 0 bridgehead atoms. The van der Waals surface area contributed by atoms with Crippen LogP contribution < -0.4 is 0 Å². The first-order valence-electron chi connectivity index (χ1n) is 4.04. The Kier molecular flexibility index (Phi) is 2.36. The molecule has 2 rings (SSSR count). The number of ketones is 1. The number of imidazole rings is 1. The summed E-state index contributed by atoms with van der Waals surface area (Å²) in [6.07, 6.45) is 5.23. The lowest BCUT2D eigenvalue weighted by atomic mass is 10.2. The van der Waals surface area contributed by atoms with Crippen LogP contribution in [0.3, 0.4) is 0 Å². The monoisotopic (exact) mass is 208 g/mol. The number of Topliss-reactive ketones (excluding diaryl/α,β-unsaturated/α-hetero) is 1. The molecule has 14 heavy (non-hydrogen) atoms. The van der Waals surface area contributed by atoms with Gasteiger partial charge in [-0.25, -0.2) is 4.98 Å². The van der Waals surface area contributed by atoms with Crippen LogP contribution in [0.2, 0.25) is 0 Å². The molecule has 0 aliphatic carbocycles. The van der Waals surface area contributed by atoms with Gasteiger partial charge in [0.25, 0.3) is 0 Å². The summed E-state index contributed by atoms with van der Waals surface area (Å²) in [4.78, 5) is 15.6. The summed E-state index contributed by atoms with van der Waals surface area (Å²) in [5.74, 6) is 0.691. The largest absolute Gasteiger partial charge is 0.338 e. The first kappa shape index (κ1) is 9.01. The number of carbonyl (C=O) groups is 1. The fourth-order valence-corrected chi connectivity index (χ4v) is 1.52. The summed E-state index contributed by atoms with van der Waals surface area (Å²) in [5, 5.41) is 0. The molecular weight excluding hydrogens is 200 g/mol. The minimum absolute atomic E-state index is 0.0481. The van der Waals surface area contributed by atoms with Crippen molar-refractivity contribution in [3.05, 3.63) is 30.1 Å². The lowest BCUT2D eigenvalue weighted by Crippen LogP contribution is -2.08. The van der Waals surface area contributed by atoms with E-state index in [1.54, 1.807) is 6.20 Å². The summed E-state index contributed by atoms with van der Waals surface area (Å²) < 4.78 is 9.46. The lowest BCUT2D eigenvalue weighted by Gasteiger charge is -1.97. The molecule has 72 valence electrons. The maximum absolute atomic E-state index is 11.6. The van der Waals surface area contributed by atoms with Gasteiger partial charge in [0.1, 0.15) is 11.5 Å². The van der Waals surface area contributed by atoms with Crippen LogP contribution in [0.4, 0.5) is 0 Å². The maximum Gasteiger partial charge on any atom is 0.191 e. The second kappa shape index (κ2) is 3.67. The van der Waals surface area contributed by atoms with Gasteiger partial charge in [0, 0.05) is 19.4 Å². The third-order valence-corrected chi connectivity index (χ3v) is 2.36. The fraction of sp³-hybridized carbons (Fsp3) is 0.250. The number of aromatic nitrogens is 4. The summed E-state index contributed by atoms with van der Waals surface area (Å²) >= 11 is 1.04. The van der Waals surface area contributed by atoms with E-state index in [1.807, 2.05) is 17.8 Å². The predicted molar refractivity (Wildman–Crippen MR) is 51.2 cm³/mol. The van der Waals surface area contributed by atoms with Crippen LogP contribution >= 0.6 is 11.7 Å². The molecule has 5 nitrogen and oxygen atoms in total. The van der Waals surface area contributed by atoms with Crippen LogP contribution in [0.25, 0.3) is 0 Å². The van der Waals surface area contributed by atoms with E-state index in [0.29, 0.717) is 5.69 Å². The lowest BCUT2D eigenvalue weighted by molar-refractivity contribution is 0.0986. The van der Waals surface area contributed by atoms with Gasteiger partial charge in [-0.2, -0.15) is 8.75 Å². The van der Waals surface area contributed by atoms with Crippen molar-refractivity contribution in [2.45, 2.75) is 6.42 Å². The Balaban J connectivity index is 2.13. The summed E-state index contributed by atoms with van der Waals surface area (Å²) in [5.41, 5.74) is 0.415. The first-order chi connectivity index (χ1) is 6.77. The van der Waals surface area contributed by atoms with Crippen molar-refractivity contribution in [2.24, 2.45) is 7.05 Å². The quantitative estimate of drug-likeness (QED) is 0.696. The zero-order chi connectivity index (χ0) is 9.97. The molecule has 0 amide bonds. The van der Waals surface area contributed by atoms with E-state index in [0.717, 1.165) is 17.6 Å². The molecule has 2 heterocycles. The zero-order valence-corrected chi connectivity index (χ0v) is 8.36. The molecule has 0 N–H and O–H groups in total. The average Bonchev–Trinajstić information content (AvgIpc) is 2.77. The van der Waals surface area contributed by atoms with E-state index < -0.39 is 0 Å². The molecule has 0 aliphatic rings. The fourth-order valence-electron chi connectivity index (χ4n) is 1.09. The number of hydrogen-bond acceptors (Lipinski definition) is 5. The van der Waals surface area contributed by atoms with Crippen LogP contribution in [-0.2, 0) is 13.5 Å². The molecule has 0 saturated heterocycles. The molecule has 2 aromatic rings. The molecule has 0 atom stereocenters. The van der Waals surface area contributed by atoms with Crippen LogP contribution in [-0.4, -0.2) is 24.1 Å². The maximum atomic E-state index is 11.6. The zero-order valence-electron chi connectivity index (χ0n) is 7.54. The average molecular weight is 208 g/mol. The topological polar surface area (TPSA) is 60.7 Å². The van der Waals surface area contributed by atoms with Gasteiger partial charge in [0.2, 0.25) is 0 Å². The standard InChI is InChI=1S/C8H8N4OS/c1-12-3-2-9-8(12)4-7(13)6-5-10-14-11-6/h2-3,5H,4H2,1H3. The SMILES string of the molecule is Cn1ccnc1CC(=O)c1cnsn1. The van der Waals surface area contributed by atoms with Crippen molar-refractivity contribution in [3.8, 4) is 0 Å². The van der Waals surface area contributed by atoms with E-state index in [4.69, 9.17) is 0 Å². The number of carbonyl (C=O) groups excluding carboxylic acids is 1. The third kappa shape index (κ3) is 1.69. The second-order valence-electron chi connectivity index (χ2n) is 2.85. The molecule has 0 aliphatic heterocycles. The molecule has 6 heteroatoms. The van der Waals surface area contributed by atoms with Crippen LogP contribution in [0.15, 0.2) is 18.6 Å². The number of nitrogens with zero attached hydrogens (tertiary/aromatic N) is 4. The van der Waals surface area contributed by atoms with Crippen molar-refractivity contribution in [3.63, 3.8) is 0 Å². The minimum atomic E-state index is -0.0481. The van der Waals surface area contributed by atoms with Crippen molar-refractivity contribution < 1.29 is 4.79 Å². The highest BCUT2D eigenvalue weighted by atomic mass is 32.1. The highest BCUT2D eigenvalue weighted by Gasteiger charge is 2.12. The Morgan fingerprint density at radius 2 is 2.50 bits per heavy atom. The Labute approximate surface area is 84.7 Å². The Morgan fingerprint density at radius 3 is 3.07 bits per heavy atom. The predicted octanol–water partition coefficient (Wildman–Crippen LogP) is 0.697. The van der Waals surface area contributed by atoms with Crippen molar-refractivity contribution in [1.29, 1.82) is 0 Å². The van der Waals surface area contributed by atoms with Crippen molar-refractivity contribution >= 4 is 17.5 Å². The van der Waals surface area contributed by atoms with E-state index >= 15 is 0 Å². The molecule has 2 aromatic heterocycles. The van der Waals surface area contributed by atoms with Gasteiger partial charge in [-0.1, -0.05) is 0 Å². The molecular formula is C8H8N4OS. The second-order valence-corrected chi connectivity index (χ2v) is 3.40. The molecule has 0 unspecified atom stereocenters. The summed E-state index contributed by atoms with van der Waals surface area (Å²) in [7, 11) is 1.86. The highest BCUT2D eigenvalue weighted by molar-refractivity contribution is 6.99. The van der Waals surface area contributed by atoms with Gasteiger partial charge in [-0.05, 0) is 0 Å². The number of rotatable bonds is 3. The van der Waals surface area contributed by atoms with E-state index in [9.17, 15) is 4.79 Å². The molecule has 0 fully saturated rings. The van der Waals surface area contributed by atoms with Crippen LogP contribution in [0, 0.1) is 0 Å². The Bertz CT molecular complexity index is 434. The van der Waals surface area contributed by atoms with Gasteiger partial charge in [0.05, 0.1) is 24.3 Å². The molecule has 0 spiro atoms. The van der Waals surface area contributed by atoms with E-state index in [2.05, 4.69) is 13.7 Å². The van der Waals surface area contributed by atoms with Gasteiger partial charge >= 0.3 is 0 Å².